The zero-order chi connectivity index (χ0) is 11.5. The third-order valence-corrected chi connectivity index (χ3v) is 2.40. The van der Waals surface area contributed by atoms with E-state index in [9.17, 15) is 5.11 Å². The van der Waals surface area contributed by atoms with Crippen LogP contribution in [0.4, 0.5) is 5.82 Å². The van der Waals surface area contributed by atoms with Crippen LogP contribution in [0.3, 0.4) is 0 Å². The van der Waals surface area contributed by atoms with Crippen molar-refractivity contribution in [1.82, 2.24) is 4.98 Å². The van der Waals surface area contributed by atoms with Crippen LogP contribution in [0.25, 0.3) is 6.08 Å². The Morgan fingerprint density at radius 1 is 1.38 bits per heavy atom. The van der Waals surface area contributed by atoms with Crippen molar-refractivity contribution in [3.05, 3.63) is 53.4 Å². The Morgan fingerprint density at radius 2 is 2.19 bits per heavy atom. The number of allylic oxidation sites excluding steroid dienone is 2. The molecular formula is C12H13N3O. The van der Waals surface area contributed by atoms with E-state index in [-0.39, 0.29) is 0 Å². The average molecular weight is 215 g/mol. The summed E-state index contributed by atoms with van der Waals surface area (Å²) in [6, 6.07) is 3.61. The molecule has 5 N–H and O–H groups in total. The lowest BCUT2D eigenvalue weighted by atomic mass is 9.99. The highest BCUT2D eigenvalue weighted by atomic mass is 16.3. The smallest absolute Gasteiger partial charge is 0.130 e. The first-order valence-electron chi connectivity index (χ1n) is 4.93. The number of pyridine rings is 1. The van der Waals surface area contributed by atoms with Gasteiger partial charge in [-0.15, -0.1) is 0 Å². The van der Waals surface area contributed by atoms with E-state index in [1.165, 1.54) is 0 Å². The molecule has 1 aliphatic rings. The third-order valence-electron chi connectivity index (χ3n) is 2.40. The standard InChI is InChI=1S/C12H13N3O/c13-10-4-1-5-11(16)9(10)7-8-3-2-6-15-12(8)14/h1-7,11,16H,13H2,(H2,14,15). The highest BCUT2D eigenvalue weighted by Gasteiger charge is 2.13. The Kier molecular flexibility index (Phi) is 2.74. The fourth-order valence-electron chi connectivity index (χ4n) is 1.52. The fraction of sp³-hybridized carbons (Fsp3) is 0.0833. The second-order valence-corrected chi connectivity index (χ2v) is 3.53. The van der Waals surface area contributed by atoms with Crippen molar-refractivity contribution in [3.63, 3.8) is 0 Å². The van der Waals surface area contributed by atoms with Gasteiger partial charge in [0.25, 0.3) is 0 Å². The quantitative estimate of drug-likeness (QED) is 0.647. The number of aromatic nitrogens is 1. The molecule has 16 heavy (non-hydrogen) atoms. The molecule has 1 aliphatic carbocycles. The minimum absolute atomic E-state index is 0.421. The zero-order valence-electron chi connectivity index (χ0n) is 8.67. The second kappa shape index (κ2) is 4.20. The van der Waals surface area contributed by atoms with Gasteiger partial charge in [0, 0.05) is 23.0 Å². The van der Waals surface area contributed by atoms with Gasteiger partial charge in [0.05, 0.1) is 6.10 Å². The van der Waals surface area contributed by atoms with Crippen molar-refractivity contribution < 1.29 is 5.11 Å². The van der Waals surface area contributed by atoms with Gasteiger partial charge >= 0.3 is 0 Å². The lowest BCUT2D eigenvalue weighted by Crippen LogP contribution is -2.16. The topological polar surface area (TPSA) is 85.2 Å². The molecule has 4 nitrogen and oxygen atoms in total. The molecule has 2 rings (SSSR count). The molecule has 0 amide bonds. The van der Waals surface area contributed by atoms with Gasteiger partial charge in [0.2, 0.25) is 0 Å². The molecule has 1 aromatic rings. The lowest BCUT2D eigenvalue weighted by molar-refractivity contribution is 0.261. The minimum Gasteiger partial charge on any atom is -0.398 e. The van der Waals surface area contributed by atoms with Crippen LogP contribution in [-0.4, -0.2) is 16.2 Å². The van der Waals surface area contributed by atoms with Gasteiger partial charge in [-0.2, -0.15) is 0 Å². The molecule has 4 heteroatoms. The monoisotopic (exact) mass is 215 g/mol. The van der Waals surface area contributed by atoms with E-state index in [1.54, 1.807) is 36.6 Å². The molecule has 0 saturated heterocycles. The Hall–Kier alpha value is -2.07. The highest BCUT2D eigenvalue weighted by Crippen LogP contribution is 2.21. The predicted octanol–water partition coefficient (Wildman–Crippen LogP) is 0.821. The third kappa shape index (κ3) is 1.97. The molecule has 0 aromatic carbocycles. The van der Waals surface area contributed by atoms with Crippen molar-refractivity contribution in [2.24, 2.45) is 5.73 Å². The summed E-state index contributed by atoms with van der Waals surface area (Å²) >= 11 is 0. The first-order valence-corrected chi connectivity index (χ1v) is 4.93. The number of hydrogen-bond acceptors (Lipinski definition) is 4. The molecule has 0 fully saturated rings. The normalized spacial score (nSPS) is 22.2. The molecular weight excluding hydrogens is 202 g/mol. The van der Waals surface area contributed by atoms with Gasteiger partial charge in [0.15, 0.2) is 0 Å². The van der Waals surface area contributed by atoms with Crippen LogP contribution in [0.15, 0.2) is 47.8 Å². The maximum absolute atomic E-state index is 9.75. The van der Waals surface area contributed by atoms with E-state index < -0.39 is 6.10 Å². The molecule has 1 atom stereocenters. The van der Waals surface area contributed by atoms with E-state index in [0.29, 0.717) is 17.1 Å². The number of nitrogens with two attached hydrogens (primary N) is 2. The number of rotatable bonds is 1. The molecule has 1 heterocycles. The van der Waals surface area contributed by atoms with Gasteiger partial charge in [-0.3, -0.25) is 0 Å². The number of hydrogen-bond donors (Lipinski definition) is 3. The number of anilines is 1. The number of nitrogen functional groups attached to an aromatic ring is 1. The molecule has 0 radical (unpaired) electrons. The predicted molar refractivity (Wildman–Crippen MR) is 64.0 cm³/mol. The van der Waals surface area contributed by atoms with Gasteiger partial charge in [-0.1, -0.05) is 12.2 Å². The van der Waals surface area contributed by atoms with Gasteiger partial charge in [-0.25, -0.2) is 4.98 Å². The minimum atomic E-state index is -0.690. The summed E-state index contributed by atoms with van der Waals surface area (Å²) in [5.41, 5.74) is 13.4. The van der Waals surface area contributed by atoms with E-state index in [4.69, 9.17) is 11.5 Å². The molecule has 1 unspecified atom stereocenters. The summed E-state index contributed by atoms with van der Waals surface area (Å²) in [5, 5.41) is 9.75. The molecule has 82 valence electrons. The summed E-state index contributed by atoms with van der Waals surface area (Å²) in [7, 11) is 0. The van der Waals surface area contributed by atoms with Gasteiger partial charge < -0.3 is 16.6 Å². The Labute approximate surface area is 93.6 Å². The molecule has 0 bridgehead atoms. The fourth-order valence-corrected chi connectivity index (χ4v) is 1.52. The van der Waals surface area contributed by atoms with E-state index in [2.05, 4.69) is 4.98 Å². The first-order chi connectivity index (χ1) is 7.68. The summed E-state index contributed by atoms with van der Waals surface area (Å²) in [5.74, 6) is 0.421. The highest BCUT2D eigenvalue weighted by molar-refractivity contribution is 5.67. The number of aliphatic hydroxyl groups excluding tert-OH is 1. The van der Waals surface area contributed by atoms with Crippen LogP contribution in [0.2, 0.25) is 0 Å². The van der Waals surface area contributed by atoms with E-state index in [0.717, 1.165) is 5.56 Å². The van der Waals surface area contributed by atoms with E-state index in [1.807, 2.05) is 6.07 Å². The Bertz CT molecular complexity index is 489. The zero-order valence-corrected chi connectivity index (χ0v) is 8.67. The number of aliphatic hydroxyl groups is 1. The maximum Gasteiger partial charge on any atom is 0.130 e. The molecule has 0 saturated carbocycles. The van der Waals surface area contributed by atoms with Crippen molar-refractivity contribution in [2.75, 3.05) is 5.73 Å². The Balaban J connectivity index is 2.41. The van der Waals surface area contributed by atoms with Crippen LogP contribution < -0.4 is 11.5 Å². The summed E-state index contributed by atoms with van der Waals surface area (Å²) in [4.78, 5) is 3.97. The van der Waals surface area contributed by atoms with Crippen LogP contribution in [0.5, 0.6) is 0 Å². The van der Waals surface area contributed by atoms with Crippen LogP contribution in [0, 0.1) is 0 Å². The molecule has 0 spiro atoms. The SMILES string of the molecule is NC1=CC=CC(O)C1=Cc1cccnc1N. The lowest BCUT2D eigenvalue weighted by Gasteiger charge is -2.15. The molecule has 0 aliphatic heterocycles. The maximum atomic E-state index is 9.75. The van der Waals surface area contributed by atoms with Crippen LogP contribution >= 0.6 is 0 Å². The van der Waals surface area contributed by atoms with Crippen molar-refractivity contribution in [3.8, 4) is 0 Å². The molecule has 1 aromatic heterocycles. The average Bonchev–Trinajstić information content (AvgIpc) is 2.26. The largest absolute Gasteiger partial charge is 0.398 e. The van der Waals surface area contributed by atoms with Crippen molar-refractivity contribution in [2.45, 2.75) is 6.10 Å². The van der Waals surface area contributed by atoms with Crippen molar-refractivity contribution in [1.29, 1.82) is 0 Å². The Morgan fingerprint density at radius 3 is 2.88 bits per heavy atom. The van der Waals surface area contributed by atoms with Gasteiger partial charge in [0.1, 0.15) is 5.82 Å². The van der Waals surface area contributed by atoms with Crippen molar-refractivity contribution >= 4 is 11.9 Å². The summed E-state index contributed by atoms with van der Waals surface area (Å²) < 4.78 is 0. The number of nitrogens with zero attached hydrogens (tertiary/aromatic N) is 1. The van der Waals surface area contributed by atoms with Crippen LogP contribution in [-0.2, 0) is 0 Å². The van der Waals surface area contributed by atoms with Crippen LogP contribution in [0.1, 0.15) is 5.56 Å². The second-order valence-electron chi connectivity index (χ2n) is 3.53. The summed E-state index contributed by atoms with van der Waals surface area (Å²) in [6.07, 6.45) is 7.81. The van der Waals surface area contributed by atoms with Gasteiger partial charge in [-0.05, 0) is 24.3 Å². The summed E-state index contributed by atoms with van der Waals surface area (Å²) in [6.45, 7) is 0. The first kappa shape index (κ1) is 10.4. The van der Waals surface area contributed by atoms with E-state index >= 15 is 0 Å².